The molecule has 0 saturated heterocycles. The fourth-order valence-corrected chi connectivity index (χ4v) is 4.79. The Hall–Kier alpha value is -4.33. The van der Waals surface area contributed by atoms with E-state index in [1.807, 2.05) is 44.2 Å². The Kier molecular flexibility index (Phi) is 10.8. The topological polar surface area (TPSA) is 103 Å². The summed E-state index contributed by atoms with van der Waals surface area (Å²) in [4.78, 5) is 36.9. The Labute approximate surface area is 241 Å². The van der Waals surface area contributed by atoms with Crippen LogP contribution in [0.3, 0.4) is 0 Å². The number of nitrogens with one attached hydrogen (secondary N) is 2. The molecule has 3 aromatic carbocycles. The summed E-state index contributed by atoms with van der Waals surface area (Å²) in [6.45, 7) is 4.80. The van der Waals surface area contributed by atoms with Crippen molar-refractivity contribution in [2.45, 2.75) is 51.7 Å². The third-order valence-corrected chi connectivity index (χ3v) is 7.11. The lowest BCUT2D eigenvalue weighted by Crippen LogP contribution is -2.34. The van der Waals surface area contributed by atoms with Gasteiger partial charge in [0, 0.05) is 24.2 Å². The predicted octanol–water partition coefficient (Wildman–Crippen LogP) is 5.49. The molecule has 4 rings (SSSR count). The zero-order valence-corrected chi connectivity index (χ0v) is 23.6. The lowest BCUT2D eigenvalue weighted by atomic mass is 9.87. The van der Waals surface area contributed by atoms with Crippen molar-refractivity contribution in [3.05, 3.63) is 95.6 Å². The molecule has 41 heavy (non-hydrogen) atoms. The molecule has 2 amide bonds. The van der Waals surface area contributed by atoms with Gasteiger partial charge < -0.3 is 24.8 Å². The third kappa shape index (κ3) is 8.83. The molecule has 1 aliphatic carbocycles. The van der Waals surface area contributed by atoms with Crippen molar-refractivity contribution < 1.29 is 28.6 Å². The van der Waals surface area contributed by atoms with Crippen LogP contribution in [0.4, 0.5) is 0 Å². The van der Waals surface area contributed by atoms with Gasteiger partial charge in [-0.05, 0) is 93.6 Å². The Bertz CT molecular complexity index is 1270. The number of hydrogen-bond donors (Lipinski definition) is 2. The van der Waals surface area contributed by atoms with Crippen LogP contribution in [0.1, 0.15) is 71.9 Å². The molecule has 8 heteroatoms. The number of carbonyl (C=O) groups excluding carboxylic acids is 3. The molecule has 0 unspecified atom stereocenters. The van der Waals surface area contributed by atoms with Crippen molar-refractivity contribution in [2.24, 2.45) is 5.92 Å². The highest BCUT2D eigenvalue weighted by Gasteiger charge is 2.28. The lowest BCUT2D eigenvalue weighted by molar-refractivity contribution is -0.149. The number of esters is 1. The first kappa shape index (κ1) is 29.6. The van der Waals surface area contributed by atoms with E-state index in [-0.39, 0.29) is 35.9 Å². The molecule has 0 spiro atoms. The highest BCUT2D eigenvalue weighted by molar-refractivity contribution is 5.95. The summed E-state index contributed by atoms with van der Waals surface area (Å²) in [6, 6.07) is 23.9. The second-order valence-electron chi connectivity index (χ2n) is 10.1. The van der Waals surface area contributed by atoms with Crippen molar-refractivity contribution in [3.63, 3.8) is 0 Å². The van der Waals surface area contributed by atoms with Crippen LogP contribution in [0, 0.1) is 5.92 Å². The summed E-state index contributed by atoms with van der Waals surface area (Å²) in [5.74, 6) is 0.770. The fraction of sp³-hybridized carbons (Fsp3) is 0.364. The Morgan fingerprint density at radius 3 is 1.83 bits per heavy atom. The molecule has 0 bridgehead atoms. The summed E-state index contributed by atoms with van der Waals surface area (Å²) >= 11 is 0. The highest BCUT2D eigenvalue weighted by Crippen LogP contribution is 2.29. The van der Waals surface area contributed by atoms with Crippen molar-refractivity contribution in [1.29, 1.82) is 0 Å². The van der Waals surface area contributed by atoms with Crippen LogP contribution in [0.25, 0.3) is 0 Å². The fourth-order valence-electron chi connectivity index (χ4n) is 4.79. The van der Waals surface area contributed by atoms with E-state index in [1.54, 1.807) is 48.5 Å². The molecule has 0 radical (unpaired) electrons. The molecule has 0 aliphatic heterocycles. The molecule has 0 heterocycles. The number of hydrogen-bond acceptors (Lipinski definition) is 6. The van der Waals surface area contributed by atoms with E-state index >= 15 is 0 Å². The van der Waals surface area contributed by atoms with Crippen LogP contribution in [-0.4, -0.2) is 43.6 Å². The highest BCUT2D eigenvalue weighted by atomic mass is 16.5. The van der Waals surface area contributed by atoms with Crippen LogP contribution in [0.5, 0.6) is 11.5 Å². The maximum Gasteiger partial charge on any atom is 0.308 e. The van der Waals surface area contributed by atoms with Gasteiger partial charge >= 0.3 is 5.97 Å². The van der Waals surface area contributed by atoms with Crippen LogP contribution in [0.15, 0.2) is 78.9 Å². The molecule has 0 aromatic heterocycles. The molecular formula is C33H38N2O6. The zero-order chi connectivity index (χ0) is 29.0. The second-order valence-corrected chi connectivity index (χ2v) is 10.1. The maximum atomic E-state index is 12.5. The van der Waals surface area contributed by atoms with E-state index in [0.29, 0.717) is 42.3 Å². The summed E-state index contributed by atoms with van der Waals surface area (Å²) in [6.07, 6.45) is 3.05. The average Bonchev–Trinajstić information content (AvgIpc) is 3.00. The predicted molar refractivity (Wildman–Crippen MR) is 156 cm³/mol. The van der Waals surface area contributed by atoms with Crippen LogP contribution >= 0.6 is 0 Å². The SMILES string of the molecule is CCOC(=O)[C@H]1CC[C@@H](Oc2ccc(C(=O)NCCNC(=O)c3ccc(O[C@@H](C)c4ccccc4)cc3)cc2)CC1. The number of rotatable bonds is 12. The molecule has 1 saturated carbocycles. The van der Waals surface area contributed by atoms with Gasteiger partial charge in [-0.15, -0.1) is 0 Å². The van der Waals surface area contributed by atoms with E-state index in [0.717, 1.165) is 31.2 Å². The molecule has 2 N–H and O–H groups in total. The monoisotopic (exact) mass is 558 g/mol. The standard InChI is InChI=1S/C33H38N2O6/c1-3-39-33(38)27-13-19-30(20-14-27)41-29-17-11-26(12-18-29)32(37)35-22-21-34-31(36)25-9-15-28(16-10-25)40-23(2)24-7-5-4-6-8-24/h4-12,15-18,23,27,30H,3,13-14,19-22H2,1-2H3,(H,34,36)(H,35,37)/t23-,27-,30+/m0/s1. The van der Waals surface area contributed by atoms with E-state index in [4.69, 9.17) is 14.2 Å². The van der Waals surface area contributed by atoms with Gasteiger partial charge in [0.15, 0.2) is 0 Å². The molecule has 1 aliphatic rings. The van der Waals surface area contributed by atoms with Gasteiger partial charge in [-0.1, -0.05) is 30.3 Å². The minimum absolute atomic E-state index is 0.0418. The smallest absolute Gasteiger partial charge is 0.308 e. The Morgan fingerprint density at radius 1 is 0.756 bits per heavy atom. The van der Waals surface area contributed by atoms with Gasteiger partial charge in [-0.2, -0.15) is 0 Å². The minimum atomic E-state index is -0.227. The van der Waals surface area contributed by atoms with E-state index in [9.17, 15) is 14.4 Å². The lowest BCUT2D eigenvalue weighted by Gasteiger charge is -2.27. The first-order valence-electron chi connectivity index (χ1n) is 14.2. The molecule has 1 atom stereocenters. The van der Waals surface area contributed by atoms with E-state index < -0.39 is 0 Å². The van der Waals surface area contributed by atoms with E-state index in [2.05, 4.69) is 10.6 Å². The average molecular weight is 559 g/mol. The number of benzene rings is 3. The first-order chi connectivity index (χ1) is 19.9. The Morgan fingerprint density at radius 2 is 1.29 bits per heavy atom. The van der Waals surface area contributed by atoms with Crippen LogP contribution in [-0.2, 0) is 9.53 Å². The van der Waals surface area contributed by atoms with E-state index in [1.165, 1.54) is 0 Å². The largest absolute Gasteiger partial charge is 0.490 e. The molecular weight excluding hydrogens is 520 g/mol. The Balaban J connectivity index is 1.14. The van der Waals surface area contributed by atoms with Gasteiger partial charge in [-0.25, -0.2) is 0 Å². The van der Waals surface area contributed by atoms with Gasteiger partial charge in [0.05, 0.1) is 18.6 Å². The zero-order valence-electron chi connectivity index (χ0n) is 23.6. The number of amides is 2. The van der Waals surface area contributed by atoms with Crippen molar-refractivity contribution in [1.82, 2.24) is 10.6 Å². The molecule has 1 fully saturated rings. The summed E-state index contributed by atoms with van der Waals surface area (Å²) in [5, 5.41) is 5.64. The van der Waals surface area contributed by atoms with Crippen LogP contribution in [0.2, 0.25) is 0 Å². The summed E-state index contributed by atoms with van der Waals surface area (Å²) < 4.78 is 17.1. The van der Waals surface area contributed by atoms with Crippen molar-refractivity contribution in [2.75, 3.05) is 19.7 Å². The van der Waals surface area contributed by atoms with Gasteiger partial charge in [0.1, 0.15) is 17.6 Å². The number of carbonyl (C=O) groups is 3. The summed E-state index contributed by atoms with van der Waals surface area (Å²) in [5.41, 5.74) is 2.10. The van der Waals surface area contributed by atoms with Gasteiger partial charge in [0.2, 0.25) is 0 Å². The first-order valence-corrected chi connectivity index (χ1v) is 14.2. The quantitative estimate of drug-likeness (QED) is 0.225. The van der Waals surface area contributed by atoms with Gasteiger partial charge in [-0.3, -0.25) is 14.4 Å². The third-order valence-electron chi connectivity index (χ3n) is 7.11. The van der Waals surface area contributed by atoms with Crippen LogP contribution < -0.4 is 20.1 Å². The maximum absolute atomic E-state index is 12.5. The second kappa shape index (κ2) is 14.9. The molecule has 8 nitrogen and oxygen atoms in total. The summed E-state index contributed by atoms with van der Waals surface area (Å²) in [7, 11) is 0. The van der Waals surface area contributed by atoms with Crippen molar-refractivity contribution >= 4 is 17.8 Å². The molecule has 216 valence electrons. The molecule has 3 aromatic rings. The number of ether oxygens (including phenoxy) is 3. The van der Waals surface area contributed by atoms with Gasteiger partial charge in [0.25, 0.3) is 11.8 Å². The normalized spacial score (nSPS) is 17.1. The minimum Gasteiger partial charge on any atom is -0.490 e. The van der Waals surface area contributed by atoms with Crippen molar-refractivity contribution in [3.8, 4) is 11.5 Å².